The summed E-state index contributed by atoms with van der Waals surface area (Å²) in [5.74, 6) is 0. The first-order valence-electron chi connectivity index (χ1n) is 11.0. The van der Waals surface area contributed by atoms with Gasteiger partial charge in [-0.15, -0.1) is 0 Å². The molecule has 29 heavy (non-hydrogen) atoms. The molecule has 0 radical (unpaired) electrons. The Hall–Kier alpha value is -2.48. The summed E-state index contributed by atoms with van der Waals surface area (Å²) in [4.78, 5) is 5.00. The zero-order valence-corrected chi connectivity index (χ0v) is 18.7. The standard InChI is InChI=1S/C27H34N2/c1-7-28-22-16-11-9-14-20(22)26(3,4)24(28)18-13-19-25-27(5,6)21-15-10-12-17-23(21)29(25)8-2/h9-19,24H,7-8H2,1-6H3/b18-13+,25-19+/t24-/m0/s1. The molecule has 0 saturated heterocycles. The lowest BCUT2D eigenvalue weighted by molar-refractivity contribution is 0.478. The van der Waals surface area contributed by atoms with Gasteiger partial charge in [-0.1, -0.05) is 76.2 Å². The first kappa shape index (κ1) is 19.8. The van der Waals surface area contributed by atoms with Crippen molar-refractivity contribution in [2.45, 2.75) is 58.4 Å². The topological polar surface area (TPSA) is 6.48 Å². The third-order valence-corrected chi connectivity index (χ3v) is 6.99. The quantitative estimate of drug-likeness (QED) is 0.597. The number of hydrogen-bond donors (Lipinski definition) is 0. The summed E-state index contributed by atoms with van der Waals surface area (Å²) in [6, 6.07) is 18.1. The maximum atomic E-state index is 2.54. The number of hydrogen-bond acceptors (Lipinski definition) is 2. The lowest BCUT2D eigenvalue weighted by Crippen LogP contribution is -2.39. The summed E-state index contributed by atoms with van der Waals surface area (Å²) in [5, 5.41) is 0. The second-order valence-corrected chi connectivity index (χ2v) is 9.29. The summed E-state index contributed by atoms with van der Waals surface area (Å²) >= 11 is 0. The van der Waals surface area contributed by atoms with Gasteiger partial charge < -0.3 is 9.80 Å². The Morgan fingerprint density at radius 1 is 0.828 bits per heavy atom. The maximum absolute atomic E-state index is 2.54. The molecule has 0 aromatic heterocycles. The summed E-state index contributed by atoms with van der Waals surface area (Å²) in [6.45, 7) is 15.9. The number of fused-ring (bicyclic) bond motifs is 2. The van der Waals surface area contributed by atoms with Crippen molar-refractivity contribution >= 4 is 11.4 Å². The van der Waals surface area contributed by atoms with Gasteiger partial charge in [-0.25, -0.2) is 0 Å². The highest BCUT2D eigenvalue weighted by atomic mass is 15.2. The van der Waals surface area contributed by atoms with E-state index in [0.29, 0.717) is 6.04 Å². The van der Waals surface area contributed by atoms with E-state index in [1.807, 2.05) is 0 Å². The average Bonchev–Trinajstić information content (AvgIpc) is 3.07. The first-order valence-corrected chi connectivity index (χ1v) is 11.0. The van der Waals surface area contributed by atoms with Gasteiger partial charge in [-0.2, -0.15) is 0 Å². The van der Waals surface area contributed by atoms with Crippen molar-refractivity contribution in [3.8, 4) is 0 Å². The minimum atomic E-state index is 0.0234. The fourth-order valence-electron chi connectivity index (χ4n) is 5.41. The third-order valence-electron chi connectivity index (χ3n) is 6.99. The van der Waals surface area contributed by atoms with Crippen molar-refractivity contribution in [2.24, 2.45) is 0 Å². The Bertz CT molecular complexity index is 964. The van der Waals surface area contributed by atoms with Crippen LogP contribution in [0.15, 0.2) is 72.5 Å². The van der Waals surface area contributed by atoms with Crippen LogP contribution in [0.5, 0.6) is 0 Å². The number of rotatable bonds is 4. The molecule has 2 heterocycles. The average molecular weight is 387 g/mol. The number of nitrogens with zero attached hydrogens (tertiary/aromatic N) is 2. The molecule has 2 aliphatic heterocycles. The molecular formula is C27H34N2. The zero-order chi connectivity index (χ0) is 20.8. The second kappa shape index (κ2) is 7.09. The molecule has 0 aliphatic carbocycles. The van der Waals surface area contributed by atoms with Crippen LogP contribution >= 0.6 is 0 Å². The van der Waals surface area contributed by atoms with Gasteiger partial charge in [0.05, 0.1) is 6.04 Å². The van der Waals surface area contributed by atoms with Crippen LogP contribution in [0, 0.1) is 0 Å². The fraction of sp³-hybridized carbons (Fsp3) is 0.407. The van der Waals surface area contributed by atoms with Crippen molar-refractivity contribution < 1.29 is 0 Å². The minimum absolute atomic E-state index is 0.0234. The largest absolute Gasteiger partial charge is 0.364 e. The van der Waals surface area contributed by atoms with E-state index in [4.69, 9.17) is 0 Å². The van der Waals surface area contributed by atoms with Crippen molar-refractivity contribution in [3.05, 3.63) is 83.6 Å². The molecule has 0 amide bonds. The van der Waals surface area contributed by atoms with Gasteiger partial charge in [0.15, 0.2) is 0 Å². The number of benzene rings is 2. The van der Waals surface area contributed by atoms with Crippen LogP contribution < -0.4 is 9.80 Å². The molecule has 152 valence electrons. The molecule has 2 aromatic carbocycles. The number of likely N-dealkylation sites (N-methyl/N-ethyl adjacent to an activating group) is 2. The minimum Gasteiger partial charge on any atom is -0.364 e. The van der Waals surface area contributed by atoms with Crippen LogP contribution in [0.3, 0.4) is 0 Å². The molecule has 0 fully saturated rings. The number of allylic oxidation sites excluding steroid dienone is 3. The Morgan fingerprint density at radius 2 is 1.45 bits per heavy atom. The molecule has 0 saturated carbocycles. The molecule has 0 unspecified atom stereocenters. The van der Waals surface area contributed by atoms with Gasteiger partial charge in [-0.3, -0.25) is 0 Å². The van der Waals surface area contributed by atoms with E-state index in [-0.39, 0.29) is 10.8 Å². The Kier molecular flexibility index (Phi) is 4.85. The second-order valence-electron chi connectivity index (χ2n) is 9.29. The zero-order valence-electron chi connectivity index (χ0n) is 18.7. The normalized spacial score (nSPS) is 23.1. The predicted octanol–water partition coefficient (Wildman–Crippen LogP) is 6.43. The van der Waals surface area contributed by atoms with Crippen molar-refractivity contribution in [1.29, 1.82) is 0 Å². The Labute approximate surface area is 176 Å². The van der Waals surface area contributed by atoms with E-state index in [1.165, 1.54) is 28.2 Å². The molecule has 1 atom stereocenters. The van der Waals surface area contributed by atoms with E-state index in [9.17, 15) is 0 Å². The summed E-state index contributed by atoms with van der Waals surface area (Å²) < 4.78 is 0. The molecule has 2 aromatic rings. The molecule has 2 heteroatoms. The van der Waals surface area contributed by atoms with Crippen molar-refractivity contribution in [2.75, 3.05) is 22.9 Å². The van der Waals surface area contributed by atoms with Gasteiger partial charge in [-0.05, 0) is 43.2 Å². The highest BCUT2D eigenvalue weighted by molar-refractivity contribution is 5.71. The van der Waals surface area contributed by atoms with Crippen molar-refractivity contribution in [1.82, 2.24) is 0 Å². The van der Waals surface area contributed by atoms with Crippen LogP contribution in [-0.2, 0) is 10.8 Å². The Balaban J connectivity index is 1.69. The van der Waals surface area contributed by atoms with Crippen molar-refractivity contribution in [3.63, 3.8) is 0 Å². The van der Waals surface area contributed by atoms with Crippen LogP contribution in [0.4, 0.5) is 11.4 Å². The van der Waals surface area contributed by atoms with E-state index >= 15 is 0 Å². The third kappa shape index (κ3) is 2.92. The van der Waals surface area contributed by atoms with E-state index in [0.717, 1.165) is 13.1 Å². The summed E-state index contributed by atoms with van der Waals surface area (Å²) in [5.41, 5.74) is 7.11. The van der Waals surface area contributed by atoms with E-state index < -0.39 is 0 Å². The van der Waals surface area contributed by atoms with E-state index in [2.05, 4.69) is 118 Å². The van der Waals surface area contributed by atoms with Gasteiger partial charge >= 0.3 is 0 Å². The predicted molar refractivity (Wildman–Crippen MR) is 126 cm³/mol. The monoisotopic (exact) mass is 386 g/mol. The molecule has 0 bridgehead atoms. The lowest BCUT2D eigenvalue weighted by Gasteiger charge is -2.31. The van der Waals surface area contributed by atoms with Crippen LogP contribution in [-0.4, -0.2) is 19.1 Å². The highest BCUT2D eigenvalue weighted by Gasteiger charge is 2.42. The summed E-state index contributed by atoms with van der Waals surface area (Å²) in [6.07, 6.45) is 7.05. The summed E-state index contributed by atoms with van der Waals surface area (Å²) in [7, 11) is 0. The van der Waals surface area contributed by atoms with Crippen LogP contribution in [0.25, 0.3) is 0 Å². The smallest absolute Gasteiger partial charge is 0.0568 e. The van der Waals surface area contributed by atoms with Gasteiger partial charge in [0.1, 0.15) is 0 Å². The number of para-hydroxylation sites is 2. The van der Waals surface area contributed by atoms with Gasteiger partial charge in [0.2, 0.25) is 0 Å². The SMILES string of the molecule is CCN1/C(=C/C=C/[C@@H]2N(CC)c3ccccc3C2(C)C)C(C)(C)c2ccccc21. The highest BCUT2D eigenvalue weighted by Crippen LogP contribution is 2.48. The Morgan fingerprint density at radius 3 is 2.10 bits per heavy atom. The first-order chi connectivity index (χ1) is 13.8. The molecule has 0 spiro atoms. The van der Waals surface area contributed by atoms with Crippen LogP contribution in [0.1, 0.15) is 52.7 Å². The molecule has 2 nitrogen and oxygen atoms in total. The van der Waals surface area contributed by atoms with Gasteiger partial charge in [0, 0.05) is 41.0 Å². The van der Waals surface area contributed by atoms with Gasteiger partial charge in [0.25, 0.3) is 0 Å². The number of anilines is 2. The molecular weight excluding hydrogens is 352 g/mol. The molecule has 2 aliphatic rings. The van der Waals surface area contributed by atoms with E-state index in [1.54, 1.807) is 0 Å². The lowest BCUT2D eigenvalue weighted by atomic mass is 9.80. The fourth-order valence-corrected chi connectivity index (χ4v) is 5.41. The van der Waals surface area contributed by atoms with Crippen LogP contribution in [0.2, 0.25) is 0 Å². The molecule has 0 N–H and O–H groups in total. The maximum Gasteiger partial charge on any atom is 0.0568 e. The molecule has 4 rings (SSSR count).